The fourth-order valence-corrected chi connectivity index (χ4v) is 4.60. The number of primary amides is 1. The van der Waals surface area contributed by atoms with Crippen LogP contribution in [0.15, 0.2) is 78.9 Å². The molecule has 0 unspecified atom stereocenters. The normalized spacial score (nSPS) is 15.1. The number of aromatic amines is 1. The first-order chi connectivity index (χ1) is 15.7. The highest BCUT2D eigenvalue weighted by Crippen LogP contribution is 2.28. The predicted molar refractivity (Wildman–Crippen MR) is 131 cm³/mol. The van der Waals surface area contributed by atoms with Crippen LogP contribution in [0.3, 0.4) is 0 Å². The van der Waals surface area contributed by atoms with Crippen molar-refractivity contribution in [3.63, 3.8) is 0 Å². The fraction of sp³-hybridized carbons (Fsp3) is 0.222. The number of aromatic nitrogens is 1. The van der Waals surface area contributed by atoms with Crippen LogP contribution in [0.5, 0.6) is 0 Å². The van der Waals surface area contributed by atoms with Gasteiger partial charge < -0.3 is 15.6 Å². The Hall–Kier alpha value is -3.57. The van der Waals surface area contributed by atoms with Gasteiger partial charge in [0.05, 0.1) is 11.1 Å². The zero-order chi connectivity index (χ0) is 21.9. The summed E-state index contributed by atoms with van der Waals surface area (Å²) in [6.45, 7) is 5.30. The predicted octanol–water partition coefficient (Wildman–Crippen LogP) is 4.65. The molecule has 2 heterocycles. The summed E-state index contributed by atoms with van der Waals surface area (Å²) in [4.78, 5) is 20.1. The molecule has 0 radical (unpaired) electrons. The number of anilines is 1. The van der Waals surface area contributed by atoms with E-state index >= 15 is 0 Å². The Kier molecular flexibility index (Phi) is 5.65. The number of para-hydroxylation sites is 1. The number of nitrogens with zero attached hydrogens (tertiary/aromatic N) is 2. The molecule has 4 aromatic rings. The van der Waals surface area contributed by atoms with Crippen LogP contribution in [0.25, 0.3) is 22.2 Å². The molecule has 1 saturated heterocycles. The van der Waals surface area contributed by atoms with Crippen molar-refractivity contribution in [1.82, 2.24) is 9.88 Å². The molecule has 3 N–H and O–H groups in total. The van der Waals surface area contributed by atoms with E-state index in [1.165, 1.54) is 11.3 Å². The smallest absolute Gasteiger partial charge is 0.250 e. The number of hydrogen-bond acceptors (Lipinski definition) is 3. The maximum Gasteiger partial charge on any atom is 0.250 e. The number of H-pyrrole nitrogens is 1. The van der Waals surface area contributed by atoms with E-state index in [0.29, 0.717) is 5.56 Å². The zero-order valence-corrected chi connectivity index (χ0v) is 18.1. The molecule has 162 valence electrons. The molecule has 0 atom stereocenters. The molecule has 3 aromatic carbocycles. The Labute approximate surface area is 188 Å². The van der Waals surface area contributed by atoms with Gasteiger partial charge in [0, 0.05) is 49.5 Å². The first-order valence-corrected chi connectivity index (χ1v) is 11.2. The Morgan fingerprint density at radius 3 is 2.47 bits per heavy atom. The molecule has 5 nitrogen and oxygen atoms in total. The van der Waals surface area contributed by atoms with Gasteiger partial charge in [-0.1, -0.05) is 54.6 Å². The second-order valence-electron chi connectivity index (χ2n) is 8.47. The third-order valence-corrected chi connectivity index (χ3v) is 6.30. The van der Waals surface area contributed by atoms with Crippen LogP contribution in [0, 0.1) is 0 Å². The molecule has 1 aromatic heterocycles. The summed E-state index contributed by atoms with van der Waals surface area (Å²) in [7, 11) is 0. The topological polar surface area (TPSA) is 65.4 Å². The van der Waals surface area contributed by atoms with Gasteiger partial charge in [0.15, 0.2) is 0 Å². The number of nitrogens with two attached hydrogens (primary N) is 1. The van der Waals surface area contributed by atoms with Crippen LogP contribution >= 0.6 is 0 Å². The highest BCUT2D eigenvalue weighted by atomic mass is 16.1. The lowest BCUT2D eigenvalue weighted by Gasteiger charge is -2.24. The zero-order valence-electron chi connectivity index (χ0n) is 18.1. The van der Waals surface area contributed by atoms with Gasteiger partial charge >= 0.3 is 0 Å². The minimum Gasteiger partial charge on any atom is -0.370 e. The monoisotopic (exact) mass is 424 g/mol. The van der Waals surface area contributed by atoms with Gasteiger partial charge in [0.2, 0.25) is 0 Å². The molecular formula is C27H28N4O. The van der Waals surface area contributed by atoms with E-state index in [1.54, 1.807) is 6.07 Å². The molecule has 0 saturated carbocycles. The quantitative estimate of drug-likeness (QED) is 0.490. The van der Waals surface area contributed by atoms with E-state index in [9.17, 15) is 4.79 Å². The van der Waals surface area contributed by atoms with Crippen LogP contribution in [0.2, 0.25) is 0 Å². The lowest BCUT2D eigenvalue weighted by Crippen LogP contribution is -2.30. The molecule has 5 heteroatoms. The third-order valence-electron chi connectivity index (χ3n) is 6.30. The van der Waals surface area contributed by atoms with E-state index in [4.69, 9.17) is 5.73 Å². The Morgan fingerprint density at radius 1 is 0.875 bits per heavy atom. The van der Waals surface area contributed by atoms with Gasteiger partial charge in [0.25, 0.3) is 5.91 Å². The van der Waals surface area contributed by atoms with Crippen LogP contribution in [0.4, 0.5) is 5.69 Å². The summed E-state index contributed by atoms with van der Waals surface area (Å²) in [5, 5.41) is 0.992. The van der Waals surface area contributed by atoms with Gasteiger partial charge in [-0.2, -0.15) is 0 Å². The van der Waals surface area contributed by atoms with Gasteiger partial charge in [-0.3, -0.25) is 9.69 Å². The van der Waals surface area contributed by atoms with Crippen molar-refractivity contribution in [3.05, 3.63) is 90.0 Å². The number of carbonyl (C=O) groups excluding carboxylic acids is 1. The molecular weight excluding hydrogens is 396 g/mol. The number of rotatable bonds is 5. The third kappa shape index (κ3) is 4.25. The molecule has 0 aliphatic carbocycles. The average Bonchev–Trinajstić information content (AvgIpc) is 3.13. The molecule has 1 amide bonds. The highest BCUT2D eigenvalue weighted by Gasteiger charge is 2.16. The summed E-state index contributed by atoms with van der Waals surface area (Å²) in [5.41, 5.74) is 11.6. The van der Waals surface area contributed by atoms with Gasteiger partial charge in [-0.05, 0) is 41.8 Å². The average molecular weight is 425 g/mol. The molecule has 1 fully saturated rings. The molecule has 32 heavy (non-hydrogen) atoms. The Morgan fingerprint density at radius 2 is 1.69 bits per heavy atom. The first-order valence-electron chi connectivity index (χ1n) is 11.2. The standard InChI is InChI=1S/C27H28N4O/c28-27(32)24-9-4-8-22-18-25(29-26(22)24)21-10-12-23(13-11-21)31-15-5-14-30(16-17-31)19-20-6-2-1-3-7-20/h1-4,6-13,18,29H,5,14-17,19H2,(H2,28,32). The second-order valence-corrected chi connectivity index (χ2v) is 8.47. The van der Waals surface area contributed by atoms with Crippen molar-refractivity contribution in [2.45, 2.75) is 13.0 Å². The van der Waals surface area contributed by atoms with Crippen LogP contribution in [-0.2, 0) is 6.54 Å². The molecule has 1 aliphatic heterocycles. The van der Waals surface area contributed by atoms with Gasteiger partial charge in [-0.25, -0.2) is 0 Å². The number of benzene rings is 3. The summed E-state index contributed by atoms with van der Waals surface area (Å²) in [6, 6.07) is 27.1. The molecule has 0 bridgehead atoms. The van der Waals surface area contributed by atoms with Gasteiger partial charge in [-0.15, -0.1) is 0 Å². The Bertz CT molecular complexity index is 1210. The molecule has 1 aliphatic rings. The van der Waals surface area contributed by atoms with Crippen molar-refractivity contribution in [2.24, 2.45) is 5.73 Å². The first kappa shape index (κ1) is 20.3. The summed E-state index contributed by atoms with van der Waals surface area (Å²) in [6.07, 6.45) is 1.16. The van der Waals surface area contributed by atoms with Crippen molar-refractivity contribution < 1.29 is 4.79 Å². The summed E-state index contributed by atoms with van der Waals surface area (Å²) in [5.74, 6) is -0.415. The largest absolute Gasteiger partial charge is 0.370 e. The van der Waals surface area contributed by atoms with Crippen LogP contribution in [0.1, 0.15) is 22.3 Å². The highest BCUT2D eigenvalue weighted by molar-refractivity contribution is 6.06. The minimum atomic E-state index is -0.415. The lowest BCUT2D eigenvalue weighted by molar-refractivity contribution is 0.100. The SMILES string of the molecule is NC(=O)c1cccc2cc(-c3ccc(N4CCCN(Cc5ccccc5)CC4)cc3)[nH]c12. The van der Waals surface area contributed by atoms with Crippen molar-refractivity contribution in [1.29, 1.82) is 0 Å². The second kappa shape index (κ2) is 8.89. The number of fused-ring (bicyclic) bond motifs is 1. The van der Waals surface area contributed by atoms with E-state index in [0.717, 1.165) is 61.3 Å². The van der Waals surface area contributed by atoms with Crippen LogP contribution in [-0.4, -0.2) is 42.0 Å². The summed E-state index contributed by atoms with van der Waals surface area (Å²) >= 11 is 0. The number of hydrogen-bond donors (Lipinski definition) is 2. The van der Waals surface area contributed by atoms with Crippen molar-refractivity contribution in [2.75, 3.05) is 31.1 Å². The maximum atomic E-state index is 11.7. The van der Waals surface area contributed by atoms with Gasteiger partial charge in [0.1, 0.15) is 0 Å². The van der Waals surface area contributed by atoms with Crippen LogP contribution < -0.4 is 10.6 Å². The van der Waals surface area contributed by atoms with E-state index < -0.39 is 5.91 Å². The Balaban J connectivity index is 1.29. The minimum absolute atomic E-state index is 0.415. The summed E-state index contributed by atoms with van der Waals surface area (Å²) < 4.78 is 0. The van der Waals surface area contributed by atoms with E-state index in [-0.39, 0.29) is 0 Å². The fourth-order valence-electron chi connectivity index (χ4n) is 4.60. The number of amides is 1. The maximum absolute atomic E-state index is 11.7. The van der Waals surface area contributed by atoms with E-state index in [2.05, 4.69) is 75.4 Å². The number of nitrogens with one attached hydrogen (secondary N) is 1. The van der Waals surface area contributed by atoms with Crippen molar-refractivity contribution >= 4 is 22.5 Å². The molecule has 0 spiro atoms. The number of carbonyl (C=O) groups is 1. The molecule has 5 rings (SSSR count). The van der Waals surface area contributed by atoms with Crippen molar-refractivity contribution in [3.8, 4) is 11.3 Å². The van der Waals surface area contributed by atoms with E-state index in [1.807, 2.05) is 12.1 Å². The lowest BCUT2D eigenvalue weighted by atomic mass is 10.1.